The number of piperazine rings is 1. The maximum absolute atomic E-state index is 13.8. The van der Waals surface area contributed by atoms with Crippen molar-refractivity contribution in [1.29, 1.82) is 0 Å². The third-order valence-corrected chi connectivity index (χ3v) is 8.10. The minimum atomic E-state index is -0.607. The fraction of sp³-hybridized carbons (Fsp3) is 0.593. The van der Waals surface area contributed by atoms with Crippen LogP contribution in [0.3, 0.4) is 0 Å². The van der Waals surface area contributed by atoms with Crippen molar-refractivity contribution in [3.05, 3.63) is 42.7 Å². The Balaban J connectivity index is 1.58. The summed E-state index contributed by atoms with van der Waals surface area (Å²) in [6.45, 7) is 9.81. The molecule has 1 aromatic rings. The van der Waals surface area contributed by atoms with Crippen molar-refractivity contribution in [3.8, 4) is 5.75 Å². The Labute approximate surface area is 238 Å². The first kappa shape index (κ1) is 28.6. The molecule has 38 heavy (non-hydrogen) atoms. The number of nitrogens with one attached hydrogen (secondary N) is 1. The van der Waals surface area contributed by atoms with Gasteiger partial charge in [-0.3, -0.25) is 9.59 Å². The van der Waals surface area contributed by atoms with Crippen LogP contribution in [0, 0.1) is 5.92 Å². The van der Waals surface area contributed by atoms with Crippen molar-refractivity contribution in [1.82, 2.24) is 25.1 Å². The molecule has 3 heterocycles. The molecule has 0 aromatic heterocycles. The van der Waals surface area contributed by atoms with Crippen LogP contribution in [0.1, 0.15) is 38.7 Å². The SMILES string of the molecule is C=COc1ccc(CNC(=O)N2[C@H]3CN(CC4CCCO4)C(=O)[C@H](C(C)CCI)N3C(=O)CN2CC)cc1. The molecule has 0 saturated carbocycles. The van der Waals surface area contributed by atoms with Crippen molar-refractivity contribution in [2.45, 2.75) is 58.0 Å². The van der Waals surface area contributed by atoms with Crippen LogP contribution in [0.15, 0.2) is 37.1 Å². The van der Waals surface area contributed by atoms with E-state index in [4.69, 9.17) is 9.47 Å². The van der Waals surface area contributed by atoms with Crippen molar-refractivity contribution < 1.29 is 23.9 Å². The van der Waals surface area contributed by atoms with Gasteiger partial charge in [0.1, 0.15) is 18.0 Å². The Morgan fingerprint density at radius 1 is 1.32 bits per heavy atom. The number of ether oxygens (including phenoxy) is 2. The van der Waals surface area contributed by atoms with Crippen LogP contribution >= 0.6 is 22.6 Å². The third-order valence-electron chi connectivity index (χ3n) is 7.47. The van der Waals surface area contributed by atoms with Gasteiger partial charge in [-0.2, -0.15) is 0 Å². The molecule has 4 rings (SSSR count). The van der Waals surface area contributed by atoms with Crippen molar-refractivity contribution in [3.63, 3.8) is 0 Å². The number of rotatable bonds is 10. The van der Waals surface area contributed by atoms with Crippen LogP contribution in [0.2, 0.25) is 0 Å². The van der Waals surface area contributed by atoms with Crippen LogP contribution in [-0.2, 0) is 20.9 Å². The van der Waals surface area contributed by atoms with Crippen molar-refractivity contribution in [2.75, 3.05) is 37.2 Å². The topological polar surface area (TPSA) is 94.7 Å². The van der Waals surface area contributed by atoms with Crippen LogP contribution in [0.4, 0.5) is 4.79 Å². The minimum absolute atomic E-state index is 0.0112. The monoisotopic (exact) mass is 639 g/mol. The summed E-state index contributed by atoms with van der Waals surface area (Å²) in [4.78, 5) is 44.4. The second kappa shape index (κ2) is 13.1. The third kappa shape index (κ3) is 6.26. The second-order valence-electron chi connectivity index (χ2n) is 9.97. The van der Waals surface area contributed by atoms with E-state index in [9.17, 15) is 14.4 Å². The highest BCUT2D eigenvalue weighted by molar-refractivity contribution is 14.1. The summed E-state index contributed by atoms with van der Waals surface area (Å²) in [5.74, 6) is 0.471. The van der Waals surface area contributed by atoms with Gasteiger partial charge >= 0.3 is 6.03 Å². The number of hydrogen-bond acceptors (Lipinski definition) is 6. The van der Waals surface area contributed by atoms with Crippen LogP contribution in [-0.4, -0.2) is 93.2 Å². The number of benzene rings is 1. The summed E-state index contributed by atoms with van der Waals surface area (Å²) in [5, 5.41) is 6.44. The van der Waals surface area contributed by atoms with Gasteiger partial charge in [-0.15, -0.1) is 0 Å². The molecule has 208 valence electrons. The molecule has 4 amide bonds. The molecule has 0 radical (unpaired) electrons. The molecule has 4 atom stereocenters. The molecule has 0 spiro atoms. The number of carbonyl (C=O) groups is 3. The lowest BCUT2D eigenvalue weighted by atomic mass is 9.92. The molecular formula is C27H38IN5O5. The van der Waals surface area contributed by atoms with Crippen molar-refractivity contribution in [2.24, 2.45) is 5.92 Å². The molecule has 11 heteroatoms. The van der Waals surface area contributed by atoms with Gasteiger partial charge in [-0.05, 0) is 47.3 Å². The van der Waals surface area contributed by atoms with E-state index in [1.54, 1.807) is 14.9 Å². The number of alkyl halides is 1. The predicted molar refractivity (Wildman–Crippen MR) is 151 cm³/mol. The number of fused-ring (bicyclic) bond motifs is 1. The minimum Gasteiger partial charge on any atom is -0.466 e. The summed E-state index contributed by atoms with van der Waals surface area (Å²) in [6.07, 6.45) is 3.46. The maximum Gasteiger partial charge on any atom is 0.334 e. The summed E-state index contributed by atoms with van der Waals surface area (Å²) in [7, 11) is 0. The molecule has 3 fully saturated rings. The van der Waals surface area contributed by atoms with Gasteiger partial charge in [0.25, 0.3) is 0 Å². The number of halogens is 1. The zero-order valence-electron chi connectivity index (χ0n) is 22.2. The molecule has 3 aliphatic heterocycles. The average molecular weight is 640 g/mol. The molecule has 2 unspecified atom stereocenters. The van der Waals surface area contributed by atoms with E-state index in [1.807, 2.05) is 43.0 Å². The van der Waals surface area contributed by atoms with E-state index < -0.39 is 12.2 Å². The predicted octanol–water partition coefficient (Wildman–Crippen LogP) is 2.98. The summed E-state index contributed by atoms with van der Waals surface area (Å²) in [6, 6.07) is 6.49. The van der Waals surface area contributed by atoms with Gasteiger partial charge in [0, 0.05) is 26.2 Å². The van der Waals surface area contributed by atoms with Crippen LogP contribution in [0.5, 0.6) is 5.75 Å². The quantitative estimate of drug-likeness (QED) is 0.241. The van der Waals surface area contributed by atoms with Crippen LogP contribution in [0.25, 0.3) is 0 Å². The number of carbonyl (C=O) groups excluding carboxylic acids is 3. The lowest BCUT2D eigenvalue weighted by molar-refractivity contribution is -0.194. The molecular weight excluding hydrogens is 601 g/mol. The Bertz CT molecular complexity index is 1000. The van der Waals surface area contributed by atoms with E-state index in [0.29, 0.717) is 32.0 Å². The molecule has 3 aliphatic rings. The second-order valence-corrected chi connectivity index (χ2v) is 11.1. The highest BCUT2D eigenvalue weighted by Gasteiger charge is 2.52. The first-order valence-electron chi connectivity index (χ1n) is 13.3. The number of urea groups is 1. The van der Waals surface area contributed by atoms with E-state index in [0.717, 1.165) is 29.3 Å². The highest BCUT2D eigenvalue weighted by Crippen LogP contribution is 2.32. The largest absolute Gasteiger partial charge is 0.466 e. The molecule has 10 nitrogen and oxygen atoms in total. The number of nitrogens with zero attached hydrogens (tertiary/aromatic N) is 4. The van der Waals surface area contributed by atoms with Gasteiger partial charge in [-0.25, -0.2) is 14.8 Å². The zero-order valence-corrected chi connectivity index (χ0v) is 24.3. The van der Waals surface area contributed by atoms with Crippen LogP contribution < -0.4 is 10.1 Å². The lowest BCUT2D eigenvalue weighted by Crippen LogP contribution is -2.77. The smallest absolute Gasteiger partial charge is 0.334 e. The highest BCUT2D eigenvalue weighted by atomic mass is 127. The van der Waals surface area contributed by atoms with E-state index >= 15 is 0 Å². The van der Waals surface area contributed by atoms with Gasteiger partial charge in [0.15, 0.2) is 0 Å². The van der Waals surface area contributed by atoms with E-state index in [-0.39, 0.29) is 43.0 Å². The van der Waals surface area contributed by atoms with Gasteiger partial charge in [0.05, 0.1) is 25.5 Å². The summed E-state index contributed by atoms with van der Waals surface area (Å²) >= 11 is 2.31. The lowest BCUT2D eigenvalue weighted by Gasteiger charge is -2.56. The Morgan fingerprint density at radius 2 is 2.08 bits per heavy atom. The molecule has 0 bridgehead atoms. The molecule has 1 aromatic carbocycles. The molecule has 1 N–H and O–H groups in total. The summed E-state index contributed by atoms with van der Waals surface area (Å²) in [5.41, 5.74) is 0.912. The molecule has 0 aliphatic carbocycles. The number of hydrogen-bond donors (Lipinski definition) is 1. The normalized spacial score (nSPS) is 24.8. The number of amides is 4. The average Bonchev–Trinajstić information content (AvgIpc) is 3.42. The first-order valence-corrected chi connectivity index (χ1v) is 14.9. The molecule has 3 saturated heterocycles. The van der Waals surface area contributed by atoms with E-state index in [1.165, 1.54) is 6.26 Å². The summed E-state index contributed by atoms with van der Waals surface area (Å²) < 4.78 is 12.0. The fourth-order valence-electron chi connectivity index (χ4n) is 5.50. The Morgan fingerprint density at radius 3 is 2.71 bits per heavy atom. The fourth-order valence-corrected chi connectivity index (χ4v) is 6.48. The van der Waals surface area contributed by atoms with Crippen molar-refractivity contribution >= 4 is 40.4 Å². The van der Waals surface area contributed by atoms with Gasteiger partial charge < -0.3 is 24.6 Å². The van der Waals surface area contributed by atoms with E-state index in [2.05, 4.69) is 34.5 Å². The standard InChI is InChI=1S/C27H38IN5O5/c1-4-31-18-24(34)32-23(33(31)27(36)29-15-20-8-10-21(11-9-20)37-5-2)17-30(16-22-7-6-14-38-22)26(35)25(32)19(3)12-13-28/h5,8-11,19,22-23,25H,2,4,6-7,12-18H2,1,3H3,(H,29,36)/t19?,22?,23-,25-/m0/s1. The number of likely N-dealkylation sites (N-methyl/N-ethyl adjacent to an activating group) is 1. The maximum atomic E-state index is 13.8. The zero-order chi connectivity index (χ0) is 27.2. The first-order chi connectivity index (χ1) is 18.4. The number of hydrazine groups is 1. The van der Waals surface area contributed by atoms with Gasteiger partial charge in [-0.1, -0.05) is 55.2 Å². The van der Waals surface area contributed by atoms with Gasteiger partial charge in [0.2, 0.25) is 11.8 Å². The Hall–Kier alpha value is -2.38. The Kier molecular flexibility index (Phi) is 9.88.